The fraction of sp³-hybridized carbons (Fsp3) is 0.250. The smallest absolute Gasteiger partial charge is 0.0968 e. The summed E-state index contributed by atoms with van der Waals surface area (Å²) in [6.07, 6.45) is 1.60. The number of nitriles is 1. The normalized spacial score (nSPS) is 11.9. The lowest BCUT2D eigenvalue weighted by Gasteiger charge is -2.06. The van der Waals surface area contributed by atoms with Crippen LogP contribution in [0.25, 0.3) is 5.70 Å². The molecule has 16 heavy (non-hydrogen) atoms. The van der Waals surface area contributed by atoms with Crippen molar-refractivity contribution in [2.75, 3.05) is 0 Å². The highest BCUT2D eigenvalue weighted by Crippen LogP contribution is 2.26. The molecule has 0 aromatic heterocycles. The highest BCUT2D eigenvalue weighted by Gasteiger charge is 2.06. The molecule has 0 saturated heterocycles. The van der Waals surface area contributed by atoms with Gasteiger partial charge in [0.1, 0.15) is 0 Å². The van der Waals surface area contributed by atoms with Gasteiger partial charge < -0.3 is 5.73 Å². The van der Waals surface area contributed by atoms with Gasteiger partial charge >= 0.3 is 0 Å². The SMILES string of the molecule is CCC/C(C#N)=C(/N)c1ccc(Cl)c(Br)c1. The Morgan fingerprint density at radius 1 is 1.56 bits per heavy atom. The van der Waals surface area contributed by atoms with Gasteiger partial charge in [-0.1, -0.05) is 31.0 Å². The Morgan fingerprint density at radius 3 is 2.75 bits per heavy atom. The molecule has 0 atom stereocenters. The number of allylic oxidation sites excluding steroid dienone is 1. The van der Waals surface area contributed by atoms with E-state index in [4.69, 9.17) is 22.6 Å². The van der Waals surface area contributed by atoms with Crippen LogP contribution in [0, 0.1) is 11.3 Å². The average Bonchev–Trinajstić information content (AvgIpc) is 2.28. The topological polar surface area (TPSA) is 49.8 Å². The molecule has 0 aliphatic carbocycles. The molecule has 0 fully saturated rings. The van der Waals surface area contributed by atoms with Crippen LogP contribution in [0.5, 0.6) is 0 Å². The molecule has 2 nitrogen and oxygen atoms in total. The number of benzene rings is 1. The zero-order chi connectivity index (χ0) is 12.1. The molecule has 0 aliphatic rings. The second-order valence-electron chi connectivity index (χ2n) is 3.38. The molecule has 1 rings (SSSR count). The van der Waals surface area contributed by atoms with Crippen LogP contribution < -0.4 is 5.73 Å². The molecule has 0 saturated carbocycles. The zero-order valence-corrected chi connectivity index (χ0v) is 11.3. The lowest BCUT2D eigenvalue weighted by molar-refractivity contribution is 0.929. The Balaban J connectivity index is 3.17. The standard InChI is InChI=1S/C12H12BrClN2/c1-2-3-9(7-15)12(16)8-4-5-11(14)10(13)6-8/h4-6H,2-3,16H2,1H3/b12-9-. The van der Waals surface area contributed by atoms with Crippen molar-refractivity contribution >= 4 is 33.2 Å². The van der Waals surface area contributed by atoms with Gasteiger partial charge in [-0.3, -0.25) is 0 Å². The molecule has 0 amide bonds. The maximum atomic E-state index is 8.99. The summed E-state index contributed by atoms with van der Waals surface area (Å²) in [4.78, 5) is 0. The first-order valence-electron chi connectivity index (χ1n) is 4.94. The van der Waals surface area contributed by atoms with E-state index in [0.29, 0.717) is 22.7 Å². The van der Waals surface area contributed by atoms with Crippen molar-refractivity contribution in [3.8, 4) is 6.07 Å². The molecule has 1 aromatic carbocycles. The summed E-state index contributed by atoms with van der Waals surface area (Å²) in [5.74, 6) is 0. The molecular weight excluding hydrogens is 288 g/mol. The van der Waals surface area contributed by atoms with Crippen molar-refractivity contribution in [3.05, 3.63) is 38.8 Å². The zero-order valence-electron chi connectivity index (χ0n) is 8.93. The molecule has 0 unspecified atom stereocenters. The summed E-state index contributed by atoms with van der Waals surface area (Å²) in [7, 11) is 0. The maximum Gasteiger partial charge on any atom is 0.0968 e. The van der Waals surface area contributed by atoms with Crippen molar-refractivity contribution in [2.24, 2.45) is 5.73 Å². The molecule has 0 spiro atoms. The van der Waals surface area contributed by atoms with Crippen molar-refractivity contribution in [3.63, 3.8) is 0 Å². The third-order valence-corrected chi connectivity index (χ3v) is 3.40. The minimum Gasteiger partial charge on any atom is -0.397 e. The molecular formula is C12H12BrClN2. The lowest BCUT2D eigenvalue weighted by atomic mass is 10.0. The minimum atomic E-state index is 0.529. The number of hydrogen-bond donors (Lipinski definition) is 1. The lowest BCUT2D eigenvalue weighted by Crippen LogP contribution is -2.01. The van der Waals surface area contributed by atoms with Crippen molar-refractivity contribution < 1.29 is 0 Å². The predicted molar refractivity (Wildman–Crippen MR) is 70.8 cm³/mol. The number of hydrogen-bond acceptors (Lipinski definition) is 2. The van der Waals surface area contributed by atoms with Crippen LogP contribution in [0.1, 0.15) is 25.3 Å². The van der Waals surface area contributed by atoms with Gasteiger partial charge in [-0.25, -0.2) is 0 Å². The summed E-state index contributed by atoms with van der Waals surface area (Å²) in [5.41, 5.74) is 7.92. The van der Waals surface area contributed by atoms with Crippen LogP contribution in [0.15, 0.2) is 28.2 Å². The van der Waals surface area contributed by atoms with Crippen LogP contribution in [0.4, 0.5) is 0 Å². The number of rotatable bonds is 3. The summed E-state index contributed by atoms with van der Waals surface area (Å²) in [6, 6.07) is 7.54. The van der Waals surface area contributed by atoms with E-state index in [1.165, 1.54) is 0 Å². The summed E-state index contributed by atoms with van der Waals surface area (Å²) in [6.45, 7) is 2.02. The van der Waals surface area contributed by atoms with Crippen LogP contribution in [-0.2, 0) is 0 Å². The fourth-order valence-electron chi connectivity index (χ4n) is 1.34. The fourth-order valence-corrected chi connectivity index (χ4v) is 1.84. The van der Waals surface area contributed by atoms with Gasteiger partial charge in [-0.15, -0.1) is 0 Å². The van der Waals surface area contributed by atoms with E-state index in [2.05, 4.69) is 22.0 Å². The number of halogens is 2. The molecule has 0 heterocycles. The Morgan fingerprint density at radius 2 is 2.25 bits per heavy atom. The first-order chi connectivity index (χ1) is 7.60. The Bertz CT molecular complexity index is 461. The average molecular weight is 300 g/mol. The van der Waals surface area contributed by atoms with Gasteiger partial charge in [-0.05, 0) is 40.0 Å². The van der Waals surface area contributed by atoms with E-state index in [-0.39, 0.29) is 0 Å². The van der Waals surface area contributed by atoms with Gasteiger partial charge in [0, 0.05) is 4.47 Å². The third kappa shape index (κ3) is 3.01. The molecule has 0 bridgehead atoms. The van der Waals surface area contributed by atoms with Crippen LogP contribution in [-0.4, -0.2) is 0 Å². The summed E-state index contributed by atoms with van der Waals surface area (Å²) >= 11 is 9.22. The Kier molecular flexibility index (Phi) is 4.85. The first-order valence-corrected chi connectivity index (χ1v) is 6.11. The van der Waals surface area contributed by atoms with E-state index in [0.717, 1.165) is 16.5 Å². The molecule has 0 aliphatic heterocycles. The van der Waals surface area contributed by atoms with Crippen LogP contribution in [0.2, 0.25) is 5.02 Å². The van der Waals surface area contributed by atoms with Crippen molar-refractivity contribution in [1.82, 2.24) is 0 Å². The van der Waals surface area contributed by atoms with Gasteiger partial charge in [-0.2, -0.15) is 5.26 Å². The monoisotopic (exact) mass is 298 g/mol. The van der Waals surface area contributed by atoms with E-state index < -0.39 is 0 Å². The van der Waals surface area contributed by atoms with Gasteiger partial charge in [0.15, 0.2) is 0 Å². The number of nitrogens with zero attached hydrogens (tertiary/aromatic N) is 1. The molecule has 2 N–H and O–H groups in total. The quantitative estimate of drug-likeness (QED) is 0.854. The largest absolute Gasteiger partial charge is 0.397 e. The van der Waals surface area contributed by atoms with E-state index in [1.807, 2.05) is 19.1 Å². The molecule has 1 aromatic rings. The second kappa shape index (κ2) is 5.93. The highest BCUT2D eigenvalue weighted by molar-refractivity contribution is 9.10. The number of nitrogens with two attached hydrogens (primary N) is 1. The summed E-state index contributed by atoms with van der Waals surface area (Å²) < 4.78 is 0.781. The van der Waals surface area contributed by atoms with Crippen LogP contribution >= 0.6 is 27.5 Å². The van der Waals surface area contributed by atoms with Gasteiger partial charge in [0.2, 0.25) is 0 Å². The maximum absolute atomic E-state index is 8.99. The van der Waals surface area contributed by atoms with E-state index in [1.54, 1.807) is 6.07 Å². The molecule has 0 radical (unpaired) electrons. The van der Waals surface area contributed by atoms with Crippen LogP contribution in [0.3, 0.4) is 0 Å². The molecule has 4 heteroatoms. The van der Waals surface area contributed by atoms with E-state index in [9.17, 15) is 0 Å². The first kappa shape index (κ1) is 13.1. The summed E-state index contributed by atoms with van der Waals surface area (Å²) in [5, 5.41) is 9.62. The van der Waals surface area contributed by atoms with E-state index >= 15 is 0 Å². The van der Waals surface area contributed by atoms with Gasteiger partial charge in [0.25, 0.3) is 0 Å². The minimum absolute atomic E-state index is 0.529. The Labute approximate surface area is 109 Å². The highest BCUT2D eigenvalue weighted by atomic mass is 79.9. The Hall–Kier alpha value is -0.980. The second-order valence-corrected chi connectivity index (χ2v) is 4.64. The molecule has 84 valence electrons. The third-order valence-electron chi connectivity index (χ3n) is 2.19. The van der Waals surface area contributed by atoms with Gasteiger partial charge in [0.05, 0.1) is 22.4 Å². The van der Waals surface area contributed by atoms with Crippen molar-refractivity contribution in [1.29, 1.82) is 5.26 Å². The van der Waals surface area contributed by atoms with Crippen molar-refractivity contribution in [2.45, 2.75) is 19.8 Å². The predicted octanol–water partition coefficient (Wildman–Crippen LogP) is 4.10.